The van der Waals surface area contributed by atoms with E-state index in [1.165, 1.54) is 24.6 Å². The Morgan fingerprint density at radius 1 is 1.59 bits per heavy atom. The van der Waals surface area contributed by atoms with E-state index >= 15 is 0 Å². The van der Waals surface area contributed by atoms with Crippen LogP contribution in [0.25, 0.3) is 0 Å². The van der Waals surface area contributed by atoms with Gasteiger partial charge in [0.25, 0.3) is 5.69 Å². The molecule has 1 saturated heterocycles. The third-order valence-corrected chi connectivity index (χ3v) is 4.39. The molecule has 1 aliphatic rings. The first-order valence-corrected chi connectivity index (χ1v) is 8.02. The third kappa shape index (κ3) is 4.28. The van der Waals surface area contributed by atoms with Gasteiger partial charge in [-0.05, 0) is 44.2 Å². The predicted octanol–water partition coefficient (Wildman–Crippen LogP) is 3.02. The van der Waals surface area contributed by atoms with Gasteiger partial charge in [-0.25, -0.2) is 0 Å². The summed E-state index contributed by atoms with van der Waals surface area (Å²) in [5.74, 6) is 0. The maximum Gasteiger partial charge on any atom is 0.271 e. The third-order valence-electron chi connectivity index (χ3n) is 3.81. The van der Waals surface area contributed by atoms with E-state index in [4.69, 9.17) is 23.8 Å². The van der Waals surface area contributed by atoms with Crippen molar-refractivity contribution in [2.45, 2.75) is 25.8 Å². The molecule has 0 aliphatic carbocycles. The van der Waals surface area contributed by atoms with E-state index < -0.39 is 4.92 Å². The number of nitrogens with one attached hydrogen (secondary N) is 2. The molecular weight excluding hydrogens is 324 g/mol. The Bertz CT molecular complexity index is 570. The van der Waals surface area contributed by atoms with Crippen molar-refractivity contribution in [3.8, 4) is 0 Å². The van der Waals surface area contributed by atoms with Crippen molar-refractivity contribution in [3.05, 3.63) is 33.3 Å². The fraction of sp³-hybridized carbons (Fsp3) is 0.500. The van der Waals surface area contributed by atoms with Crippen LogP contribution in [-0.4, -0.2) is 40.6 Å². The summed E-state index contributed by atoms with van der Waals surface area (Å²) < 4.78 is 0. The van der Waals surface area contributed by atoms with Crippen molar-refractivity contribution >= 4 is 40.3 Å². The standard InChI is InChI=1S/C14H19ClN4O2S/c1-2-18-7-3-4-11(18)9-16-14(22)17-13-8-10(19(20)21)5-6-12(13)15/h5-6,8,11H,2-4,7,9H2,1H3,(H2,16,17,22)/t11-/m1/s1. The summed E-state index contributed by atoms with van der Waals surface area (Å²) in [5.41, 5.74) is 0.412. The Labute approximate surface area is 140 Å². The van der Waals surface area contributed by atoms with Crippen molar-refractivity contribution in [3.63, 3.8) is 0 Å². The SMILES string of the molecule is CCN1CCC[C@@H]1CNC(=S)Nc1cc([N+](=O)[O-])ccc1Cl. The van der Waals surface area contributed by atoms with Gasteiger partial charge in [0.05, 0.1) is 15.6 Å². The molecule has 1 aliphatic heterocycles. The average molecular weight is 343 g/mol. The summed E-state index contributed by atoms with van der Waals surface area (Å²) in [5, 5.41) is 17.7. The van der Waals surface area contributed by atoms with Crippen LogP contribution >= 0.6 is 23.8 Å². The number of thiocarbonyl (C=S) groups is 1. The Morgan fingerprint density at radius 2 is 2.36 bits per heavy atom. The lowest BCUT2D eigenvalue weighted by molar-refractivity contribution is -0.384. The minimum absolute atomic E-state index is 0.0253. The number of nitro benzene ring substituents is 1. The van der Waals surface area contributed by atoms with E-state index in [2.05, 4.69) is 22.5 Å². The Morgan fingerprint density at radius 3 is 3.05 bits per heavy atom. The van der Waals surface area contributed by atoms with Gasteiger partial charge in [0, 0.05) is 24.7 Å². The topological polar surface area (TPSA) is 70.4 Å². The second kappa shape index (κ2) is 7.71. The quantitative estimate of drug-likeness (QED) is 0.487. The molecule has 1 fully saturated rings. The molecule has 1 atom stereocenters. The first-order valence-electron chi connectivity index (χ1n) is 7.24. The van der Waals surface area contributed by atoms with E-state index in [-0.39, 0.29) is 5.69 Å². The molecular formula is C14H19ClN4O2S. The van der Waals surface area contributed by atoms with Gasteiger partial charge >= 0.3 is 0 Å². The minimum Gasteiger partial charge on any atom is -0.361 e. The van der Waals surface area contributed by atoms with Gasteiger partial charge in [-0.1, -0.05) is 18.5 Å². The molecule has 0 amide bonds. The highest BCUT2D eigenvalue weighted by Crippen LogP contribution is 2.26. The minimum atomic E-state index is -0.463. The van der Waals surface area contributed by atoms with Crippen LogP contribution in [0.2, 0.25) is 5.02 Å². The van der Waals surface area contributed by atoms with Crippen LogP contribution in [0.1, 0.15) is 19.8 Å². The molecule has 0 radical (unpaired) electrons. The fourth-order valence-electron chi connectivity index (χ4n) is 2.64. The summed E-state index contributed by atoms with van der Waals surface area (Å²) >= 11 is 11.3. The number of hydrogen-bond acceptors (Lipinski definition) is 4. The highest BCUT2D eigenvalue weighted by molar-refractivity contribution is 7.80. The number of halogens is 1. The van der Waals surface area contributed by atoms with Gasteiger partial charge in [0.1, 0.15) is 0 Å². The molecule has 8 heteroatoms. The lowest BCUT2D eigenvalue weighted by atomic mass is 10.2. The summed E-state index contributed by atoms with van der Waals surface area (Å²) in [4.78, 5) is 12.7. The smallest absolute Gasteiger partial charge is 0.271 e. The second-order valence-electron chi connectivity index (χ2n) is 5.18. The van der Waals surface area contributed by atoms with E-state index in [9.17, 15) is 10.1 Å². The van der Waals surface area contributed by atoms with Gasteiger partial charge in [0.15, 0.2) is 5.11 Å². The second-order valence-corrected chi connectivity index (χ2v) is 6.00. The summed E-state index contributed by atoms with van der Waals surface area (Å²) in [6.45, 7) is 5.06. The molecule has 0 unspecified atom stereocenters. The maximum absolute atomic E-state index is 10.8. The lowest BCUT2D eigenvalue weighted by Crippen LogP contribution is -2.41. The number of likely N-dealkylation sites (N-methyl/N-ethyl adjacent to an activating group) is 1. The van der Waals surface area contributed by atoms with Gasteiger partial charge in [0.2, 0.25) is 0 Å². The molecule has 1 heterocycles. The molecule has 6 nitrogen and oxygen atoms in total. The molecule has 2 N–H and O–H groups in total. The number of nitro groups is 1. The molecule has 0 spiro atoms. The first-order chi connectivity index (χ1) is 10.5. The largest absolute Gasteiger partial charge is 0.361 e. The van der Waals surface area contributed by atoms with Crippen molar-refractivity contribution in [2.24, 2.45) is 0 Å². The van der Waals surface area contributed by atoms with Gasteiger partial charge in [-0.15, -0.1) is 0 Å². The lowest BCUT2D eigenvalue weighted by Gasteiger charge is -2.23. The van der Waals surface area contributed by atoms with Gasteiger partial charge < -0.3 is 10.6 Å². The zero-order chi connectivity index (χ0) is 16.1. The number of likely N-dealkylation sites (tertiary alicyclic amines) is 1. The van der Waals surface area contributed by atoms with Crippen LogP contribution in [0.15, 0.2) is 18.2 Å². The van der Waals surface area contributed by atoms with Crippen LogP contribution in [0.5, 0.6) is 0 Å². The van der Waals surface area contributed by atoms with E-state index in [0.717, 1.165) is 26.1 Å². The Hall–Kier alpha value is -1.44. The fourth-order valence-corrected chi connectivity index (χ4v) is 3.00. The van der Waals surface area contributed by atoms with Crippen molar-refractivity contribution in [2.75, 3.05) is 25.0 Å². The molecule has 0 aromatic heterocycles. The number of benzene rings is 1. The molecule has 1 aromatic carbocycles. The molecule has 0 bridgehead atoms. The summed E-state index contributed by atoms with van der Waals surface area (Å²) in [6.07, 6.45) is 2.36. The molecule has 2 rings (SSSR count). The number of hydrogen-bond donors (Lipinski definition) is 2. The van der Waals surface area contributed by atoms with Crippen LogP contribution in [0.3, 0.4) is 0 Å². The van der Waals surface area contributed by atoms with E-state index in [1.807, 2.05) is 0 Å². The maximum atomic E-state index is 10.8. The highest BCUT2D eigenvalue weighted by Gasteiger charge is 2.22. The molecule has 1 aromatic rings. The number of rotatable bonds is 5. The van der Waals surface area contributed by atoms with Gasteiger partial charge in [-0.2, -0.15) is 0 Å². The zero-order valence-corrected chi connectivity index (χ0v) is 13.9. The van der Waals surface area contributed by atoms with E-state index in [0.29, 0.717) is 21.9 Å². The Balaban J connectivity index is 1.92. The number of anilines is 1. The number of nitrogens with zero attached hydrogens (tertiary/aromatic N) is 2. The molecule has 120 valence electrons. The Kier molecular flexibility index (Phi) is 5.93. The van der Waals surface area contributed by atoms with Gasteiger partial charge in [-0.3, -0.25) is 15.0 Å². The number of non-ortho nitro benzene ring substituents is 1. The van der Waals surface area contributed by atoms with Crippen LogP contribution in [0.4, 0.5) is 11.4 Å². The molecule has 22 heavy (non-hydrogen) atoms. The summed E-state index contributed by atoms with van der Waals surface area (Å²) in [7, 11) is 0. The van der Waals surface area contributed by atoms with E-state index in [1.54, 1.807) is 0 Å². The van der Waals surface area contributed by atoms with Crippen molar-refractivity contribution in [1.29, 1.82) is 0 Å². The average Bonchev–Trinajstić information content (AvgIpc) is 2.94. The highest BCUT2D eigenvalue weighted by atomic mass is 35.5. The van der Waals surface area contributed by atoms with Crippen molar-refractivity contribution < 1.29 is 4.92 Å². The normalized spacial score (nSPS) is 18.2. The summed E-state index contributed by atoms with van der Waals surface area (Å²) in [6, 6.07) is 4.71. The first kappa shape index (κ1) is 16.9. The monoisotopic (exact) mass is 342 g/mol. The van der Waals surface area contributed by atoms with Crippen LogP contribution in [-0.2, 0) is 0 Å². The van der Waals surface area contributed by atoms with Crippen molar-refractivity contribution in [1.82, 2.24) is 10.2 Å². The van der Waals surface area contributed by atoms with Crippen LogP contribution in [0, 0.1) is 10.1 Å². The zero-order valence-electron chi connectivity index (χ0n) is 12.3. The predicted molar refractivity (Wildman–Crippen MR) is 92.6 cm³/mol. The van der Waals surface area contributed by atoms with Crippen LogP contribution < -0.4 is 10.6 Å². The molecule has 0 saturated carbocycles.